The number of amides is 1. The van der Waals surface area contributed by atoms with Crippen LogP contribution in [0.2, 0.25) is 5.02 Å². The van der Waals surface area contributed by atoms with Crippen LogP contribution >= 0.6 is 11.6 Å². The molecule has 0 spiro atoms. The molecule has 1 aromatic rings. The molecule has 0 aliphatic heterocycles. The van der Waals surface area contributed by atoms with E-state index >= 15 is 0 Å². The first-order valence-electron chi connectivity index (χ1n) is 4.70. The summed E-state index contributed by atoms with van der Waals surface area (Å²) in [6.45, 7) is 4.97. The number of hydrogen-bond acceptors (Lipinski definition) is 2. The van der Waals surface area contributed by atoms with E-state index in [-0.39, 0.29) is 5.91 Å². The Labute approximate surface area is 99.5 Å². The number of carbonyl (C=O) groups excluding carboxylic acids is 1. The molecule has 0 atom stereocenters. The predicted molar refractivity (Wildman–Crippen MR) is 64.1 cm³/mol. The molecule has 0 radical (unpaired) electrons. The van der Waals surface area contributed by atoms with E-state index in [2.05, 4.69) is 6.58 Å². The van der Waals surface area contributed by atoms with Crippen molar-refractivity contribution in [2.45, 2.75) is 13.3 Å². The molecule has 3 nitrogen and oxygen atoms in total. The topological polar surface area (TPSA) is 44.1 Å². The number of nitrogens with zero attached hydrogens (tertiary/aromatic N) is 2. The summed E-state index contributed by atoms with van der Waals surface area (Å²) >= 11 is 5.86. The van der Waals surface area contributed by atoms with E-state index in [0.717, 1.165) is 10.5 Å². The van der Waals surface area contributed by atoms with Gasteiger partial charge in [-0.25, -0.2) is 4.90 Å². The van der Waals surface area contributed by atoms with Crippen molar-refractivity contribution < 1.29 is 4.79 Å². The van der Waals surface area contributed by atoms with Gasteiger partial charge in [-0.3, -0.25) is 4.79 Å². The summed E-state index contributed by atoms with van der Waals surface area (Å²) in [6, 6.07) is 5.04. The molecule has 0 N–H and O–H groups in total. The van der Waals surface area contributed by atoms with Gasteiger partial charge in [-0.2, -0.15) is 5.26 Å². The second kappa shape index (κ2) is 5.34. The molecule has 0 fully saturated rings. The second-order valence-corrected chi connectivity index (χ2v) is 3.66. The molecule has 0 unspecified atom stereocenters. The third-order valence-corrected chi connectivity index (χ3v) is 2.30. The number of allylic oxidation sites excluding steroid dienone is 1. The highest BCUT2D eigenvalue weighted by Gasteiger charge is 2.14. The van der Waals surface area contributed by atoms with Crippen molar-refractivity contribution in [2.75, 3.05) is 4.90 Å². The average molecular weight is 235 g/mol. The van der Waals surface area contributed by atoms with E-state index in [1.807, 2.05) is 6.19 Å². The Morgan fingerprint density at radius 3 is 2.88 bits per heavy atom. The number of rotatable bonds is 3. The van der Waals surface area contributed by atoms with Gasteiger partial charge >= 0.3 is 0 Å². The molecule has 16 heavy (non-hydrogen) atoms. The predicted octanol–water partition coefficient (Wildman–Crippen LogP) is 2.90. The Balaban J connectivity index is 3.26. The molecule has 1 rings (SSSR count). The Hall–Kier alpha value is -1.79. The summed E-state index contributed by atoms with van der Waals surface area (Å²) in [6.07, 6.45) is 4.10. The highest BCUT2D eigenvalue weighted by molar-refractivity contribution is 6.30. The number of carbonyl (C=O) groups is 1. The van der Waals surface area contributed by atoms with Crippen LogP contribution in [0.15, 0.2) is 30.9 Å². The van der Waals surface area contributed by atoms with Gasteiger partial charge in [-0.1, -0.05) is 17.7 Å². The second-order valence-electron chi connectivity index (χ2n) is 3.22. The lowest BCUT2D eigenvalue weighted by Crippen LogP contribution is -2.23. The lowest BCUT2D eigenvalue weighted by molar-refractivity contribution is -0.115. The van der Waals surface area contributed by atoms with E-state index in [1.165, 1.54) is 6.92 Å². The maximum Gasteiger partial charge on any atom is 0.237 e. The molecule has 0 aliphatic rings. The molecule has 0 aliphatic carbocycles. The normalized spacial score (nSPS) is 9.31. The summed E-state index contributed by atoms with van der Waals surface area (Å²) in [5.41, 5.74) is 1.36. The minimum absolute atomic E-state index is 0.324. The number of hydrogen-bond donors (Lipinski definition) is 0. The van der Waals surface area contributed by atoms with Crippen molar-refractivity contribution in [3.63, 3.8) is 0 Å². The zero-order valence-electron chi connectivity index (χ0n) is 8.90. The Bertz CT molecular complexity index is 463. The Morgan fingerprint density at radius 1 is 1.69 bits per heavy atom. The molecular formula is C12H11ClN2O. The minimum Gasteiger partial charge on any atom is -0.274 e. The smallest absolute Gasteiger partial charge is 0.237 e. The first-order valence-corrected chi connectivity index (χ1v) is 5.07. The SMILES string of the molecule is C=CCc1cc(Cl)ccc1N(C#N)C(C)=O. The first kappa shape index (κ1) is 12.3. The number of anilines is 1. The van der Waals surface area contributed by atoms with Gasteiger partial charge in [-0.05, 0) is 30.2 Å². The maximum absolute atomic E-state index is 11.3. The van der Waals surface area contributed by atoms with Gasteiger partial charge in [0.25, 0.3) is 0 Å². The molecule has 0 saturated carbocycles. The van der Waals surface area contributed by atoms with E-state index < -0.39 is 0 Å². The molecule has 1 aromatic carbocycles. The van der Waals surface area contributed by atoms with Crippen molar-refractivity contribution in [1.29, 1.82) is 5.26 Å². The fourth-order valence-electron chi connectivity index (χ4n) is 1.39. The van der Waals surface area contributed by atoms with Crippen LogP contribution < -0.4 is 4.90 Å². The van der Waals surface area contributed by atoms with Gasteiger partial charge in [0.1, 0.15) is 0 Å². The lowest BCUT2D eigenvalue weighted by Gasteiger charge is -2.15. The van der Waals surface area contributed by atoms with E-state index in [0.29, 0.717) is 17.1 Å². The summed E-state index contributed by atoms with van der Waals surface area (Å²) in [4.78, 5) is 12.3. The highest BCUT2D eigenvalue weighted by atomic mass is 35.5. The molecule has 82 valence electrons. The van der Waals surface area contributed by atoms with Crippen molar-refractivity contribution >= 4 is 23.2 Å². The van der Waals surface area contributed by atoms with Gasteiger partial charge in [0, 0.05) is 11.9 Å². The van der Waals surface area contributed by atoms with Crippen molar-refractivity contribution in [1.82, 2.24) is 0 Å². The standard InChI is InChI=1S/C12H11ClN2O/c1-3-4-10-7-11(13)5-6-12(10)15(8-14)9(2)16/h3,5-7H,1,4H2,2H3. The van der Waals surface area contributed by atoms with Crippen molar-refractivity contribution in [3.8, 4) is 6.19 Å². The van der Waals surface area contributed by atoms with Crippen LogP contribution in [0.3, 0.4) is 0 Å². The third-order valence-electron chi connectivity index (χ3n) is 2.06. The van der Waals surface area contributed by atoms with Crippen LogP contribution in [-0.2, 0) is 11.2 Å². The molecular weight excluding hydrogens is 224 g/mol. The summed E-state index contributed by atoms with van der Waals surface area (Å²) in [5, 5.41) is 9.48. The largest absolute Gasteiger partial charge is 0.274 e. The van der Waals surface area contributed by atoms with Gasteiger partial charge in [0.2, 0.25) is 5.91 Å². The zero-order valence-corrected chi connectivity index (χ0v) is 9.66. The third kappa shape index (κ3) is 2.62. The fraction of sp³-hybridized carbons (Fsp3) is 0.167. The molecule has 0 saturated heterocycles. The number of benzene rings is 1. The summed E-state index contributed by atoms with van der Waals surface area (Å²) in [5.74, 6) is -0.324. The van der Waals surface area contributed by atoms with Crippen LogP contribution in [0, 0.1) is 11.5 Å². The van der Waals surface area contributed by atoms with E-state index in [9.17, 15) is 4.79 Å². The van der Waals surface area contributed by atoms with Crippen LogP contribution in [0.4, 0.5) is 5.69 Å². The number of nitriles is 1. The van der Waals surface area contributed by atoms with E-state index in [4.69, 9.17) is 16.9 Å². The number of halogens is 1. The van der Waals surface area contributed by atoms with Crippen LogP contribution in [0.1, 0.15) is 12.5 Å². The zero-order chi connectivity index (χ0) is 12.1. The quantitative estimate of drug-likeness (QED) is 0.459. The van der Waals surface area contributed by atoms with Crippen LogP contribution in [-0.4, -0.2) is 5.91 Å². The van der Waals surface area contributed by atoms with Crippen molar-refractivity contribution in [3.05, 3.63) is 41.4 Å². The van der Waals surface area contributed by atoms with Crippen molar-refractivity contribution in [2.24, 2.45) is 0 Å². The Kier molecular flexibility index (Phi) is 4.10. The lowest BCUT2D eigenvalue weighted by atomic mass is 10.1. The molecule has 0 heterocycles. The van der Waals surface area contributed by atoms with Gasteiger partial charge in [0.15, 0.2) is 6.19 Å². The van der Waals surface area contributed by atoms with Crippen LogP contribution in [0.5, 0.6) is 0 Å². The summed E-state index contributed by atoms with van der Waals surface area (Å²) < 4.78 is 0. The summed E-state index contributed by atoms with van der Waals surface area (Å²) in [7, 11) is 0. The first-order chi connectivity index (χ1) is 7.60. The van der Waals surface area contributed by atoms with Gasteiger partial charge in [-0.15, -0.1) is 6.58 Å². The maximum atomic E-state index is 11.3. The minimum atomic E-state index is -0.324. The van der Waals surface area contributed by atoms with Gasteiger partial charge in [0.05, 0.1) is 5.69 Å². The molecule has 0 aromatic heterocycles. The average Bonchev–Trinajstić information content (AvgIpc) is 2.22. The molecule has 4 heteroatoms. The molecule has 0 bridgehead atoms. The van der Waals surface area contributed by atoms with Crippen LogP contribution in [0.25, 0.3) is 0 Å². The fourth-order valence-corrected chi connectivity index (χ4v) is 1.58. The molecule has 1 amide bonds. The highest BCUT2D eigenvalue weighted by Crippen LogP contribution is 2.25. The monoisotopic (exact) mass is 234 g/mol. The van der Waals surface area contributed by atoms with E-state index in [1.54, 1.807) is 24.3 Å². The van der Waals surface area contributed by atoms with Gasteiger partial charge < -0.3 is 0 Å². The Morgan fingerprint density at radius 2 is 2.38 bits per heavy atom.